The number of hydrogen-bond acceptors (Lipinski definition) is 5. The van der Waals surface area contributed by atoms with Gasteiger partial charge in [-0.1, -0.05) is 11.2 Å². The monoisotopic (exact) mass is 460 g/mol. The Labute approximate surface area is 176 Å². The number of oxime groups is 1. The summed E-state index contributed by atoms with van der Waals surface area (Å²) in [6, 6.07) is 5.94. The summed E-state index contributed by atoms with van der Waals surface area (Å²) in [6.07, 6.45) is -10.8. The molecule has 1 N–H and O–H groups in total. The average molecular weight is 460 g/mol. The Kier molecular flexibility index (Phi) is 5.67. The molecule has 0 saturated carbocycles. The topological polar surface area (TPSA) is 100 Å². The van der Waals surface area contributed by atoms with Crippen molar-refractivity contribution in [2.45, 2.75) is 37.2 Å². The molecule has 0 saturated heterocycles. The minimum atomic E-state index is -5.09. The molecule has 1 aromatic heterocycles. The van der Waals surface area contributed by atoms with Crippen LogP contribution in [0.4, 0.5) is 26.3 Å². The lowest BCUT2D eigenvalue weighted by Crippen LogP contribution is -2.44. The molecule has 0 bridgehead atoms. The third kappa shape index (κ3) is 4.12. The molecule has 32 heavy (non-hydrogen) atoms. The molecule has 13 heteroatoms. The number of aromatic carboxylic acids is 1. The second-order valence-corrected chi connectivity index (χ2v) is 7.08. The highest BCUT2D eigenvalue weighted by Gasteiger charge is 2.64. The molecule has 170 valence electrons. The van der Waals surface area contributed by atoms with Gasteiger partial charge in [0.2, 0.25) is 0 Å². The van der Waals surface area contributed by atoms with Crippen LogP contribution in [0.5, 0.6) is 0 Å². The zero-order valence-corrected chi connectivity index (χ0v) is 16.3. The Morgan fingerprint density at radius 3 is 2.47 bits per heavy atom. The van der Waals surface area contributed by atoms with E-state index in [1.165, 1.54) is 18.2 Å². The number of rotatable bonds is 5. The summed E-state index contributed by atoms with van der Waals surface area (Å²) in [4.78, 5) is 15.8. The molecule has 1 atom stereocenters. The summed E-state index contributed by atoms with van der Waals surface area (Å²) >= 11 is 0. The zero-order valence-electron chi connectivity index (χ0n) is 16.3. The van der Waals surface area contributed by atoms with E-state index in [0.29, 0.717) is 10.2 Å². The second-order valence-electron chi connectivity index (χ2n) is 7.08. The van der Waals surface area contributed by atoms with Gasteiger partial charge in [0.1, 0.15) is 6.07 Å². The van der Waals surface area contributed by atoms with Crippen LogP contribution in [0.1, 0.15) is 45.7 Å². The number of hydrogen-bond donors (Lipinski definition) is 1. The lowest BCUT2D eigenvalue weighted by Gasteiger charge is -2.28. The standard InChI is InChI=1S/C19H14F6N4O3/c1-29-15(7-14(27-29)18(20,21)22)17(19(23,24)25)8-12(28-32-17)4-2-10-3-5-13(16(30)31)11(6-10)9-26/h3,5-7H,2,4,8H2,1H3,(H,30,31). The maximum absolute atomic E-state index is 13.9. The van der Waals surface area contributed by atoms with Crippen molar-refractivity contribution in [3.05, 3.63) is 52.3 Å². The molecule has 2 heterocycles. The predicted octanol–water partition coefficient (Wildman–Crippen LogP) is 4.18. The number of carbonyl (C=O) groups is 1. The summed E-state index contributed by atoms with van der Waals surface area (Å²) in [5.41, 5.74) is -5.37. The lowest BCUT2D eigenvalue weighted by molar-refractivity contribution is -0.278. The highest BCUT2D eigenvalue weighted by molar-refractivity contribution is 5.90. The van der Waals surface area contributed by atoms with E-state index in [1.807, 2.05) is 0 Å². The van der Waals surface area contributed by atoms with Crippen molar-refractivity contribution in [1.82, 2.24) is 9.78 Å². The second kappa shape index (κ2) is 7.85. The van der Waals surface area contributed by atoms with Gasteiger partial charge in [-0.05, 0) is 36.6 Å². The molecule has 0 radical (unpaired) electrons. The van der Waals surface area contributed by atoms with Crippen molar-refractivity contribution in [1.29, 1.82) is 5.26 Å². The quantitative estimate of drug-likeness (QED) is 0.675. The van der Waals surface area contributed by atoms with Crippen LogP contribution in [0.2, 0.25) is 0 Å². The molecule has 1 aromatic carbocycles. The van der Waals surface area contributed by atoms with Crippen molar-refractivity contribution in [2.24, 2.45) is 12.2 Å². The number of carboxylic acid groups (broad SMARTS) is 1. The molecule has 2 aromatic rings. The molecular weight excluding hydrogens is 446 g/mol. The minimum Gasteiger partial charge on any atom is -0.478 e. The molecule has 1 aliphatic rings. The number of halogens is 6. The first-order chi connectivity index (χ1) is 14.8. The maximum atomic E-state index is 13.9. The molecule has 1 unspecified atom stereocenters. The fraction of sp³-hybridized carbons (Fsp3) is 0.368. The van der Waals surface area contributed by atoms with E-state index >= 15 is 0 Å². The Morgan fingerprint density at radius 2 is 1.94 bits per heavy atom. The number of aryl methyl sites for hydroxylation is 2. The van der Waals surface area contributed by atoms with Crippen LogP contribution in [-0.2, 0) is 30.1 Å². The molecule has 3 rings (SSSR count). The van der Waals surface area contributed by atoms with E-state index in [-0.39, 0.29) is 35.7 Å². The number of benzene rings is 1. The van der Waals surface area contributed by atoms with Crippen molar-refractivity contribution < 1.29 is 41.1 Å². The third-order valence-electron chi connectivity index (χ3n) is 4.96. The Morgan fingerprint density at radius 1 is 1.25 bits per heavy atom. The number of nitrogens with zero attached hydrogens (tertiary/aromatic N) is 4. The van der Waals surface area contributed by atoms with Crippen molar-refractivity contribution >= 4 is 11.7 Å². The largest absolute Gasteiger partial charge is 0.478 e. The highest BCUT2D eigenvalue weighted by atomic mass is 19.4. The van der Waals surface area contributed by atoms with E-state index in [1.54, 1.807) is 6.07 Å². The van der Waals surface area contributed by atoms with E-state index in [9.17, 15) is 31.1 Å². The van der Waals surface area contributed by atoms with Crippen LogP contribution in [0.3, 0.4) is 0 Å². The number of nitriles is 1. The minimum absolute atomic E-state index is 0.0565. The number of carboxylic acids is 1. The lowest BCUT2D eigenvalue weighted by atomic mass is 9.90. The molecule has 0 spiro atoms. The normalized spacial score (nSPS) is 18.8. The van der Waals surface area contributed by atoms with Crippen molar-refractivity contribution in [2.75, 3.05) is 0 Å². The number of alkyl halides is 6. The third-order valence-corrected chi connectivity index (χ3v) is 4.96. The molecule has 0 aliphatic carbocycles. The molecular formula is C19H14F6N4O3. The van der Waals surface area contributed by atoms with Gasteiger partial charge in [0.15, 0.2) is 5.69 Å². The summed E-state index contributed by atoms with van der Waals surface area (Å²) < 4.78 is 81.0. The van der Waals surface area contributed by atoms with Gasteiger partial charge in [0.05, 0.1) is 22.5 Å². The molecule has 7 nitrogen and oxygen atoms in total. The average Bonchev–Trinajstić information content (AvgIpc) is 3.30. The summed E-state index contributed by atoms with van der Waals surface area (Å²) in [6.45, 7) is 0. The Bertz CT molecular complexity index is 1130. The van der Waals surface area contributed by atoms with E-state index in [2.05, 4.69) is 10.3 Å². The zero-order chi connectivity index (χ0) is 23.9. The van der Waals surface area contributed by atoms with Gasteiger partial charge in [-0.15, -0.1) is 0 Å². The number of aromatic nitrogens is 2. The van der Waals surface area contributed by atoms with Crippen LogP contribution < -0.4 is 0 Å². The Hall–Kier alpha value is -3.56. The Balaban J connectivity index is 1.83. The molecule has 0 amide bonds. The van der Waals surface area contributed by atoms with E-state index in [4.69, 9.17) is 15.2 Å². The van der Waals surface area contributed by atoms with Crippen LogP contribution >= 0.6 is 0 Å². The molecule has 0 fully saturated rings. The van der Waals surface area contributed by atoms with Gasteiger partial charge in [-0.2, -0.15) is 36.7 Å². The summed E-state index contributed by atoms with van der Waals surface area (Å²) in [5.74, 6) is -1.30. The highest BCUT2D eigenvalue weighted by Crippen LogP contribution is 2.49. The van der Waals surface area contributed by atoms with Crippen molar-refractivity contribution in [3.63, 3.8) is 0 Å². The van der Waals surface area contributed by atoms with Crippen LogP contribution in [0, 0.1) is 11.3 Å². The van der Waals surface area contributed by atoms with Crippen LogP contribution in [0.15, 0.2) is 29.4 Å². The van der Waals surface area contributed by atoms with Gasteiger partial charge in [0.25, 0.3) is 5.60 Å². The maximum Gasteiger partial charge on any atom is 0.437 e. The molecule has 1 aliphatic heterocycles. The van der Waals surface area contributed by atoms with Crippen LogP contribution in [-0.4, -0.2) is 32.7 Å². The van der Waals surface area contributed by atoms with Gasteiger partial charge in [-0.3, -0.25) is 4.68 Å². The predicted molar refractivity (Wildman–Crippen MR) is 95.5 cm³/mol. The first-order valence-electron chi connectivity index (χ1n) is 8.97. The van der Waals surface area contributed by atoms with Gasteiger partial charge >= 0.3 is 18.3 Å². The van der Waals surface area contributed by atoms with Gasteiger partial charge in [0, 0.05) is 13.5 Å². The van der Waals surface area contributed by atoms with E-state index < -0.39 is 41.7 Å². The first-order valence-corrected chi connectivity index (χ1v) is 8.97. The summed E-state index contributed by atoms with van der Waals surface area (Å²) in [5, 5.41) is 24.7. The van der Waals surface area contributed by atoms with Crippen molar-refractivity contribution in [3.8, 4) is 6.07 Å². The fourth-order valence-electron chi connectivity index (χ4n) is 3.36. The van der Waals surface area contributed by atoms with Gasteiger partial charge in [-0.25, -0.2) is 4.79 Å². The summed E-state index contributed by atoms with van der Waals surface area (Å²) in [7, 11) is 0.951. The van der Waals surface area contributed by atoms with Gasteiger partial charge < -0.3 is 9.94 Å². The fourth-order valence-corrected chi connectivity index (χ4v) is 3.36. The smallest absolute Gasteiger partial charge is 0.437 e. The van der Waals surface area contributed by atoms with E-state index in [0.717, 1.165) is 7.05 Å². The SMILES string of the molecule is Cn1nc(C(F)(F)F)cc1C1(C(F)(F)F)CC(CCc2ccc(C(=O)O)c(C#N)c2)=NO1. The first kappa shape index (κ1) is 23.1. The van der Waals surface area contributed by atoms with Crippen LogP contribution in [0.25, 0.3) is 0 Å².